The van der Waals surface area contributed by atoms with Gasteiger partial charge in [-0.15, -0.1) is 0 Å². The van der Waals surface area contributed by atoms with E-state index in [4.69, 9.17) is 28.5 Å². The van der Waals surface area contributed by atoms with Crippen molar-refractivity contribution in [1.29, 1.82) is 5.26 Å². The lowest BCUT2D eigenvalue weighted by Crippen LogP contribution is -2.20. The summed E-state index contributed by atoms with van der Waals surface area (Å²) in [5.74, 6) is -1.34. The van der Waals surface area contributed by atoms with Crippen molar-refractivity contribution in [2.75, 3.05) is 6.54 Å². The van der Waals surface area contributed by atoms with Crippen LogP contribution in [-0.2, 0) is 11.2 Å². The zero-order valence-electron chi connectivity index (χ0n) is 12.3. The normalized spacial score (nSPS) is 11.4. The van der Waals surface area contributed by atoms with Gasteiger partial charge in [-0.25, -0.2) is 14.8 Å². The van der Waals surface area contributed by atoms with Crippen molar-refractivity contribution in [1.82, 2.24) is 15.3 Å². The molecule has 0 saturated heterocycles. The van der Waals surface area contributed by atoms with Gasteiger partial charge in [-0.1, -0.05) is 29.3 Å². The number of nitriles is 1. The molecule has 0 aliphatic rings. The van der Waals surface area contributed by atoms with E-state index in [-0.39, 0.29) is 10.9 Å². The van der Waals surface area contributed by atoms with Crippen molar-refractivity contribution >= 4 is 34.9 Å². The maximum atomic E-state index is 11.3. The number of nitrogens with zero attached hydrogens (tertiary/aromatic N) is 3. The summed E-state index contributed by atoms with van der Waals surface area (Å²) in [7, 11) is 0. The van der Waals surface area contributed by atoms with Gasteiger partial charge in [-0.3, -0.25) is 0 Å². The highest BCUT2D eigenvalue weighted by Crippen LogP contribution is 2.22. The van der Waals surface area contributed by atoms with Gasteiger partial charge in [0, 0.05) is 24.5 Å². The number of rotatable bonds is 6. The van der Waals surface area contributed by atoms with E-state index in [2.05, 4.69) is 15.3 Å². The summed E-state index contributed by atoms with van der Waals surface area (Å²) >= 11 is 11.8. The number of aromatic nitrogens is 2. The van der Waals surface area contributed by atoms with Crippen molar-refractivity contribution in [3.8, 4) is 6.07 Å². The van der Waals surface area contributed by atoms with Crippen LogP contribution in [0, 0.1) is 11.3 Å². The van der Waals surface area contributed by atoms with Crippen molar-refractivity contribution < 1.29 is 9.90 Å². The molecule has 0 spiro atoms. The number of carboxylic acid groups (broad SMARTS) is 1. The highest BCUT2D eigenvalue weighted by Gasteiger charge is 2.18. The first-order valence-corrected chi connectivity index (χ1v) is 7.61. The Labute approximate surface area is 148 Å². The number of carbonyl (C=O) groups is 1. The Hall–Kier alpha value is -2.62. The van der Waals surface area contributed by atoms with Crippen LogP contribution in [0.15, 0.2) is 42.2 Å². The maximum Gasteiger partial charge on any atom is 0.348 e. The molecule has 2 aromatic heterocycles. The Balaban J connectivity index is 2.25. The summed E-state index contributed by atoms with van der Waals surface area (Å²) in [6, 6.07) is 8.39. The third kappa shape index (κ3) is 4.44. The van der Waals surface area contributed by atoms with E-state index >= 15 is 0 Å². The molecule has 0 aromatic carbocycles. The van der Waals surface area contributed by atoms with Gasteiger partial charge in [0.2, 0.25) is 0 Å². The zero-order chi connectivity index (χ0) is 17.5. The molecule has 122 valence electrons. The molecule has 0 amide bonds. The Morgan fingerprint density at radius 2 is 2.08 bits per heavy atom. The van der Waals surface area contributed by atoms with Crippen molar-refractivity contribution in [2.45, 2.75) is 6.42 Å². The number of pyridine rings is 2. The first-order valence-electron chi connectivity index (χ1n) is 6.85. The molecule has 2 rings (SSSR count). The van der Waals surface area contributed by atoms with Crippen LogP contribution in [0.4, 0.5) is 0 Å². The SMILES string of the molecule is N#C/C(C(=O)O)=C(/NCCc1ccc(Cl)nc1)c1cccnc1Cl. The number of aliphatic carboxylic acids is 1. The predicted molar refractivity (Wildman–Crippen MR) is 90.4 cm³/mol. The van der Waals surface area contributed by atoms with Gasteiger partial charge in [0.25, 0.3) is 0 Å². The first kappa shape index (κ1) is 17.7. The molecule has 0 radical (unpaired) electrons. The van der Waals surface area contributed by atoms with Crippen LogP contribution in [-0.4, -0.2) is 27.6 Å². The minimum atomic E-state index is -1.34. The zero-order valence-corrected chi connectivity index (χ0v) is 13.8. The number of halogens is 2. The van der Waals surface area contributed by atoms with Gasteiger partial charge in [0.05, 0.1) is 5.70 Å². The van der Waals surface area contributed by atoms with Crippen LogP contribution >= 0.6 is 23.2 Å². The molecule has 0 fully saturated rings. The van der Waals surface area contributed by atoms with E-state index in [1.54, 1.807) is 30.5 Å². The Bertz CT molecular complexity index is 814. The molecule has 8 heteroatoms. The minimum Gasteiger partial charge on any atom is -0.477 e. The molecule has 2 N–H and O–H groups in total. The minimum absolute atomic E-state index is 0.113. The fraction of sp³-hybridized carbons (Fsp3) is 0.125. The average Bonchev–Trinajstić information content (AvgIpc) is 2.56. The standard InChI is InChI=1S/C16H12Cl2N4O2/c17-13-4-3-10(9-22-13)5-7-20-14(12(8-19)16(23)24)11-2-1-6-21-15(11)18/h1-4,6,9,20H,5,7H2,(H,23,24)/b14-12-. The lowest BCUT2D eigenvalue weighted by molar-refractivity contribution is -0.132. The van der Waals surface area contributed by atoms with Gasteiger partial charge < -0.3 is 10.4 Å². The molecule has 0 unspecified atom stereocenters. The van der Waals surface area contributed by atoms with Crippen LogP contribution in [0.25, 0.3) is 5.70 Å². The summed E-state index contributed by atoms with van der Waals surface area (Å²) < 4.78 is 0. The first-order chi connectivity index (χ1) is 11.5. The van der Waals surface area contributed by atoms with Crippen molar-refractivity contribution in [3.63, 3.8) is 0 Å². The Morgan fingerprint density at radius 1 is 1.29 bits per heavy atom. The molecule has 2 aromatic rings. The molecule has 0 saturated carbocycles. The van der Waals surface area contributed by atoms with Gasteiger partial charge in [0.15, 0.2) is 5.57 Å². The molecule has 0 atom stereocenters. The van der Waals surface area contributed by atoms with E-state index in [0.717, 1.165) is 5.56 Å². The fourth-order valence-corrected chi connectivity index (χ4v) is 2.31. The molecule has 0 aliphatic carbocycles. The second-order valence-electron chi connectivity index (χ2n) is 4.67. The summed E-state index contributed by atoms with van der Waals surface area (Å²) in [4.78, 5) is 19.2. The van der Waals surface area contributed by atoms with Crippen LogP contribution in [0.1, 0.15) is 11.1 Å². The molecular weight excluding hydrogens is 351 g/mol. The average molecular weight is 363 g/mol. The molecule has 0 aliphatic heterocycles. The molecule has 6 nitrogen and oxygen atoms in total. The molecule has 24 heavy (non-hydrogen) atoms. The second kappa shape index (κ2) is 8.29. The summed E-state index contributed by atoms with van der Waals surface area (Å²) in [5, 5.41) is 21.9. The lowest BCUT2D eigenvalue weighted by atomic mass is 10.1. The van der Waals surface area contributed by atoms with Gasteiger partial charge in [0.1, 0.15) is 16.4 Å². The van der Waals surface area contributed by atoms with E-state index in [0.29, 0.717) is 23.7 Å². The Morgan fingerprint density at radius 3 is 2.67 bits per heavy atom. The fourth-order valence-electron chi connectivity index (χ4n) is 1.99. The van der Waals surface area contributed by atoms with E-state index in [9.17, 15) is 9.90 Å². The van der Waals surface area contributed by atoms with Gasteiger partial charge >= 0.3 is 5.97 Å². The highest BCUT2D eigenvalue weighted by molar-refractivity contribution is 6.31. The number of hydrogen-bond acceptors (Lipinski definition) is 5. The second-order valence-corrected chi connectivity index (χ2v) is 5.42. The smallest absolute Gasteiger partial charge is 0.348 e. The van der Waals surface area contributed by atoms with Crippen LogP contribution in [0.2, 0.25) is 10.3 Å². The van der Waals surface area contributed by atoms with E-state index in [1.807, 2.05) is 6.07 Å². The molecule has 0 bridgehead atoms. The summed E-state index contributed by atoms with van der Waals surface area (Å²) in [5.41, 5.74) is 0.967. The van der Waals surface area contributed by atoms with Gasteiger partial charge in [-0.05, 0) is 30.2 Å². The van der Waals surface area contributed by atoms with E-state index < -0.39 is 11.5 Å². The predicted octanol–water partition coefficient (Wildman–Crippen LogP) is 2.93. The third-order valence-electron chi connectivity index (χ3n) is 3.11. The van der Waals surface area contributed by atoms with Crippen LogP contribution in [0.5, 0.6) is 0 Å². The van der Waals surface area contributed by atoms with Crippen molar-refractivity contribution in [3.05, 3.63) is 63.7 Å². The van der Waals surface area contributed by atoms with Crippen LogP contribution in [0.3, 0.4) is 0 Å². The quantitative estimate of drug-likeness (QED) is 0.465. The third-order valence-corrected chi connectivity index (χ3v) is 3.63. The van der Waals surface area contributed by atoms with E-state index in [1.165, 1.54) is 6.20 Å². The Kier molecular flexibility index (Phi) is 6.13. The number of nitrogens with one attached hydrogen (secondary N) is 1. The number of carboxylic acids is 1. The monoisotopic (exact) mass is 362 g/mol. The topological polar surface area (TPSA) is 98.9 Å². The number of hydrogen-bond donors (Lipinski definition) is 2. The highest BCUT2D eigenvalue weighted by atomic mass is 35.5. The molecule has 2 heterocycles. The van der Waals surface area contributed by atoms with Crippen LogP contribution < -0.4 is 5.32 Å². The van der Waals surface area contributed by atoms with Gasteiger partial charge in [-0.2, -0.15) is 5.26 Å². The summed E-state index contributed by atoms with van der Waals surface area (Å²) in [6.45, 7) is 0.377. The largest absolute Gasteiger partial charge is 0.477 e. The maximum absolute atomic E-state index is 11.3. The lowest BCUT2D eigenvalue weighted by Gasteiger charge is -2.13. The summed E-state index contributed by atoms with van der Waals surface area (Å²) in [6.07, 6.45) is 3.67. The van der Waals surface area contributed by atoms with Crippen molar-refractivity contribution in [2.24, 2.45) is 0 Å². The molecular formula is C16H12Cl2N4O2.